The van der Waals surface area contributed by atoms with Crippen molar-refractivity contribution < 1.29 is 13.2 Å². The first kappa shape index (κ1) is 16.2. The molecule has 0 aromatic carbocycles. The van der Waals surface area contributed by atoms with Crippen molar-refractivity contribution in [3.05, 3.63) is 29.6 Å². The van der Waals surface area contributed by atoms with Crippen LogP contribution in [0.25, 0.3) is 0 Å². The number of hydrogen-bond acceptors (Lipinski definition) is 3. The fourth-order valence-electron chi connectivity index (χ4n) is 2.57. The minimum absolute atomic E-state index is 0.0364. The summed E-state index contributed by atoms with van der Waals surface area (Å²) < 4.78 is 37.4. The van der Waals surface area contributed by atoms with E-state index in [4.69, 9.17) is 0 Å². The molecule has 1 heterocycles. The summed E-state index contributed by atoms with van der Waals surface area (Å²) in [7, 11) is 4.17. The zero-order valence-corrected chi connectivity index (χ0v) is 12.6. The van der Waals surface area contributed by atoms with Crippen molar-refractivity contribution in [1.82, 2.24) is 15.2 Å². The molecule has 1 saturated carbocycles. The van der Waals surface area contributed by atoms with Gasteiger partial charge in [0.25, 0.3) is 0 Å². The summed E-state index contributed by atoms with van der Waals surface area (Å²) in [6.45, 7) is 2.81. The fourth-order valence-corrected chi connectivity index (χ4v) is 2.57. The van der Waals surface area contributed by atoms with Gasteiger partial charge >= 0.3 is 6.18 Å². The minimum Gasteiger partial charge on any atom is -0.309 e. The standard InChI is InChI=1S/C15H22F3N3/c1-10(19-8-11-6-13(7-11)21(2)3)14-5-4-12(9-20-14)15(16,17)18/h4-5,9-11,13,19H,6-8H2,1-3H3. The molecular weight excluding hydrogens is 279 g/mol. The minimum atomic E-state index is -4.32. The van der Waals surface area contributed by atoms with Crippen molar-refractivity contribution in [3.63, 3.8) is 0 Å². The smallest absolute Gasteiger partial charge is 0.309 e. The molecule has 0 saturated heterocycles. The van der Waals surface area contributed by atoms with Crippen LogP contribution in [0.4, 0.5) is 13.2 Å². The van der Waals surface area contributed by atoms with Crippen LogP contribution in [-0.4, -0.2) is 36.6 Å². The summed E-state index contributed by atoms with van der Waals surface area (Å²) >= 11 is 0. The number of nitrogens with zero attached hydrogens (tertiary/aromatic N) is 2. The first-order chi connectivity index (χ1) is 9.77. The Bertz CT molecular complexity index is 450. The van der Waals surface area contributed by atoms with Crippen molar-refractivity contribution in [2.75, 3.05) is 20.6 Å². The van der Waals surface area contributed by atoms with Crippen LogP contribution < -0.4 is 5.32 Å². The first-order valence-electron chi connectivity index (χ1n) is 7.20. The molecule has 2 rings (SSSR count). The zero-order chi connectivity index (χ0) is 15.6. The Labute approximate surface area is 123 Å². The highest BCUT2D eigenvalue weighted by molar-refractivity contribution is 5.18. The van der Waals surface area contributed by atoms with E-state index in [1.807, 2.05) is 6.92 Å². The van der Waals surface area contributed by atoms with Crippen LogP contribution in [0.5, 0.6) is 0 Å². The average molecular weight is 301 g/mol. The first-order valence-corrected chi connectivity index (χ1v) is 7.20. The summed E-state index contributed by atoms with van der Waals surface area (Å²) in [5.74, 6) is 0.647. The normalized spacial score (nSPS) is 24.0. The van der Waals surface area contributed by atoms with E-state index in [0.29, 0.717) is 17.7 Å². The van der Waals surface area contributed by atoms with Gasteiger partial charge in [-0.1, -0.05) is 0 Å². The number of alkyl halides is 3. The Balaban J connectivity index is 1.80. The van der Waals surface area contributed by atoms with E-state index >= 15 is 0 Å². The molecule has 1 aromatic heterocycles. The van der Waals surface area contributed by atoms with E-state index in [1.165, 1.54) is 18.9 Å². The van der Waals surface area contributed by atoms with Crippen LogP contribution in [0, 0.1) is 5.92 Å². The number of pyridine rings is 1. The van der Waals surface area contributed by atoms with Gasteiger partial charge in [0, 0.05) is 18.3 Å². The maximum Gasteiger partial charge on any atom is 0.417 e. The second kappa shape index (κ2) is 6.32. The molecule has 0 spiro atoms. The van der Waals surface area contributed by atoms with Gasteiger partial charge in [-0.25, -0.2) is 0 Å². The highest BCUT2D eigenvalue weighted by Gasteiger charge is 2.32. The molecule has 1 N–H and O–H groups in total. The molecule has 0 radical (unpaired) electrons. The number of aromatic nitrogens is 1. The van der Waals surface area contributed by atoms with Crippen LogP contribution >= 0.6 is 0 Å². The molecule has 3 nitrogen and oxygen atoms in total. The van der Waals surface area contributed by atoms with E-state index in [2.05, 4.69) is 29.3 Å². The van der Waals surface area contributed by atoms with Crippen molar-refractivity contribution in [2.24, 2.45) is 5.92 Å². The number of halogens is 3. The van der Waals surface area contributed by atoms with Gasteiger partial charge in [0.05, 0.1) is 11.3 Å². The molecule has 1 aromatic rings. The van der Waals surface area contributed by atoms with Crippen LogP contribution in [0.2, 0.25) is 0 Å². The Hall–Kier alpha value is -1.14. The summed E-state index contributed by atoms with van der Waals surface area (Å²) in [6, 6.07) is 3.16. The van der Waals surface area contributed by atoms with Gasteiger partial charge in [-0.2, -0.15) is 13.2 Å². The predicted octanol–water partition coefficient (Wildman–Crippen LogP) is 3.09. The quantitative estimate of drug-likeness (QED) is 0.906. The lowest BCUT2D eigenvalue weighted by Gasteiger charge is -2.40. The van der Waals surface area contributed by atoms with Crippen molar-refractivity contribution >= 4 is 0 Å². The monoisotopic (exact) mass is 301 g/mol. The van der Waals surface area contributed by atoms with Gasteiger partial charge in [0.15, 0.2) is 0 Å². The molecule has 118 valence electrons. The van der Waals surface area contributed by atoms with Crippen LogP contribution in [0.1, 0.15) is 37.1 Å². The average Bonchev–Trinajstić information content (AvgIpc) is 2.35. The second-order valence-corrected chi connectivity index (χ2v) is 6.05. The highest BCUT2D eigenvalue weighted by atomic mass is 19.4. The van der Waals surface area contributed by atoms with Gasteiger partial charge in [-0.05, 0) is 58.5 Å². The van der Waals surface area contributed by atoms with Gasteiger partial charge in [0.2, 0.25) is 0 Å². The lowest BCUT2D eigenvalue weighted by molar-refractivity contribution is -0.137. The third-order valence-electron chi connectivity index (χ3n) is 4.21. The van der Waals surface area contributed by atoms with E-state index < -0.39 is 11.7 Å². The van der Waals surface area contributed by atoms with Gasteiger partial charge in [-0.3, -0.25) is 4.98 Å². The maximum atomic E-state index is 12.5. The van der Waals surface area contributed by atoms with Crippen molar-refractivity contribution in [3.8, 4) is 0 Å². The maximum absolute atomic E-state index is 12.5. The van der Waals surface area contributed by atoms with Crippen LogP contribution in [0.3, 0.4) is 0 Å². The van der Waals surface area contributed by atoms with E-state index in [9.17, 15) is 13.2 Å². The van der Waals surface area contributed by atoms with Crippen molar-refractivity contribution in [2.45, 2.75) is 38.0 Å². The Morgan fingerprint density at radius 3 is 2.48 bits per heavy atom. The molecule has 0 amide bonds. The highest BCUT2D eigenvalue weighted by Crippen LogP contribution is 2.31. The zero-order valence-electron chi connectivity index (χ0n) is 12.6. The van der Waals surface area contributed by atoms with Crippen LogP contribution in [-0.2, 0) is 6.18 Å². The van der Waals surface area contributed by atoms with E-state index in [1.54, 1.807) is 0 Å². The topological polar surface area (TPSA) is 28.2 Å². The molecule has 1 atom stereocenters. The third kappa shape index (κ3) is 4.17. The number of nitrogens with one attached hydrogen (secondary N) is 1. The third-order valence-corrected chi connectivity index (χ3v) is 4.21. The molecule has 1 unspecified atom stereocenters. The Morgan fingerprint density at radius 2 is 2.00 bits per heavy atom. The Kier molecular flexibility index (Phi) is 4.88. The molecule has 0 bridgehead atoms. The van der Waals surface area contributed by atoms with E-state index in [0.717, 1.165) is 18.8 Å². The summed E-state index contributed by atoms with van der Waals surface area (Å²) in [5, 5.41) is 3.36. The summed E-state index contributed by atoms with van der Waals surface area (Å²) in [4.78, 5) is 6.15. The van der Waals surface area contributed by atoms with Gasteiger partial charge in [0.1, 0.15) is 0 Å². The SMILES string of the molecule is CC(NCC1CC(N(C)C)C1)c1ccc(C(F)(F)F)cn1. The summed E-state index contributed by atoms with van der Waals surface area (Å²) in [6.07, 6.45) is -1.07. The molecule has 0 aliphatic heterocycles. The van der Waals surface area contributed by atoms with Gasteiger partial charge in [-0.15, -0.1) is 0 Å². The molecular formula is C15H22F3N3. The Morgan fingerprint density at radius 1 is 1.33 bits per heavy atom. The molecule has 1 fully saturated rings. The lowest BCUT2D eigenvalue weighted by atomic mass is 9.79. The summed E-state index contributed by atoms with van der Waals surface area (Å²) in [5.41, 5.74) is -0.0576. The molecule has 6 heteroatoms. The second-order valence-electron chi connectivity index (χ2n) is 6.05. The number of rotatable bonds is 5. The fraction of sp³-hybridized carbons (Fsp3) is 0.667. The molecule has 1 aliphatic rings. The predicted molar refractivity (Wildman–Crippen MR) is 75.9 cm³/mol. The largest absolute Gasteiger partial charge is 0.417 e. The molecule has 21 heavy (non-hydrogen) atoms. The lowest BCUT2D eigenvalue weighted by Crippen LogP contribution is -2.44. The number of hydrogen-bond donors (Lipinski definition) is 1. The molecule has 1 aliphatic carbocycles. The van der Waals surface area contributed by atoms with E-state index in [-0.39, 0.29) is 6.04 Å². The van der Waals surface area contributed by atoms with Crippen LogP contribution in [0.15, 0.2) is 18.3 Å². The van der Waals surface area contributed by atoms with Gasteiger partial charge < -0.3 is 10.2 Å². The van der Waals surface area contributed by atoms with Crippen molar-refractivity contribution in [1.29, 1.82) is 0 Å².